The lowest BCUT2D eigenvalue weighted by Crippen LogP contribution is -2.36. The maximum Gasteiger partial charge on any atom is 0.319 e. The Balaban J connectivity index is 1.16. The van der Waals surface area contributed by atoms with Crippen LogP contribution in [0.5, 0.6) is 0 Å². The number of carbonyl (C=O) groups excluding carboxylic acids is 1. The fourth-order valence-electron chi connectivity index (χ4n) is 5.13. The summed E-state index contributed by atoms with van der Waals surface area (Å²) in [5.41, 5.74) is 8.63. The normalized spacial score (nSPS) is 23.9. The van der Waals surface area contributed by atoms with E-state index in [9.17, 15) is 13.2 Å². The van der Waals surface area contributed by atoms with Crippen LogP contribution in [0.25, 0.3) is 11.2 Å². The van der Waals surface area contributed by atoms with Gasteiger partial charge in [0.2, 0.25) is 0 Å². The summed E-state index contributed by atoms with van der Waals surface area (Å²) in [6.07, 6.45) is 0.408. The van der Waals surface area contributed by atoms with Crippen molar-refractivity contribution in [3.05, 3.63) is 42.5 Å². The lowest BCUT2D eigenvalue weighted by Gasteiger charge is -2.24. The van der Waals surface area contributed by atoms with E-state index in [1.54, 1.807) is 18.4 Å². The van der Waals surface area contributed by atoms with Crippen molar-refractivity contribution in [3.63, 3.8) is 0 Å². The molecule has 4 N–H and O–H groups in total. The van der Waals surface area contributed by atoms with Crippen molar-refractivity contribution in [1.29, 1.82) is 0 Å². The first kappa shape index (κ1) is 29.2. The summed E-state index contributed by atoms with van der Waals surface area (Å²) in [4.78, 5) is 24.8. The number of hydrogen-bond donors (Lipinski definition) is 3. The number of aromatic nitrogens is 4. The van der Waals surface area contributed by atoms with E-state index in [-0.39, 0.29) is 35.7 Å². The van der Waals surface area contributed by atoms with Crippen LogP contribution in [0.2, 0.25) is 0 Å². The van der Waals surface area contributed by atoms with E-state index in [1.165, 1.54) is 12.7 Å². The summed E-state index contributed by atoms with van der Waals surface area (Å²) in [5.74, 6) is -1.08. The van der Waals surface area contributed by atoms with Crippen molar-refractivity contribution in [3.8, 4) is 0 Å². The topological polar surface area (TPSA) is 173 Å². The molecule has 4 unspecified atom stereocenters. The minimum absolute atomic E-state index is 0.0160. The number of fused-ring (bicyclic) bond motifs is 2. The second-order valence-electron chi connectivity index (χ2n) is 11.9. The van der Waals surface area contributed by atoms with Gasteiger partial charge in [-0.3, -0.25) is 4.57 Å². The van der Waals surface area contributed by atoms with E-state index in [1.807, 2.05) is 24.3 Å². The van der Waals surface area contributed by atoms with Crippen LogP contribution in [-0.4, -0.2) is 76.1 Å². The van der Waals surface area contributed by atoms with Crippen molar-refractivity contribution >= 4 is 38.5 Å². The Kier molecular flexibility index (Phi) is 7.70. The molecule has 1 aromatic carbocycles. The number of imidazole rings is 1. The highest BCUT2D eigenvalue weighted by Gasteiger charge is 2.56. The van der Waals surface area contributed by atoms with Gasteiger partial charge < -0.3 is 30.6 Å². The van der Waals surface area contributed by atoms with Gasteiger partial charge in [-0.25, -0.2) is 28.2 Å². The molecule has 41 heavy (non-hydrogen) atoms. The lowest BCUT2D eigenvalue weighted by molar-refractivity contribution is -0.193. The van der Waals surface area contributed by atoms with Crippen LogP contribution >= 0.6 is 0 Å². The molecular weight excluding hydrogens is 550 g/mol. The molecule has 14 heteroatoms. The van der Waals surface area contributed by atoms with Crippen molar-refractivity contribution in [2.75, 3.05) is 29.1 Å². The molecule has 4 heterocycles. The fourth-order valence-corrected chi connectivity index (χ4v) is 6.65. The van der Waals surface area contributed by atoms with Crippen LogP contribution in [0, 0.1) is 0 Å². The van der Waals surface area contributed by atoms with Gasteiger partial charge in [0.15, 0.2) is 33.3 Å². The van der Waals surface area contributed by atoms with E-state index in [2.05, 4.69) is 46.4 Å². The first-order valence-electron chi connectivity index (χ1n) is 13.5. The van der Waals surface area contributed by atoms with Crippen LogP contribution in [0.3, 0.4) is 0 Å². The molecule has 2 aliphatic heterocycles. The quantitative estimate of drug-likeness (QED) is 0.333. The zero-order valence-electron chi connectivity index (χ0n) is 23.8. The number of hydrogen-bond acceptors (Lipinski definition) is 10. The second-order valence-corrected chi connectivity index (χ2v) is 14.1. The molecule has 0 radical (unpaired) electrons. The summed E-state index contributed by atoms with van der Waals surface area (Å²) in [6, 6.07) is 7.24. The lowest BCUT2D eigenvalue weighted by atomic mass is 9.87. The number of ether oxygens (including phenoxy) is 3. The van der Waals surface area contributed by atoms with Gasteiger partial charge in [-0.05, 0) is 43.4 Å². The number of sulfone groups is 1. The van der Waals surface area contributed by atoms with Crippen molar-refractivity contribution < 1.29 is 27.4 Å². The van der Waals surface area contributed by atoms with Gasteiger partial charge in [0.25, 0.3) is 0 Å². The minimum Gasteiger partial charge on any atom is -0.382 e. The molecule has 2 aliphatic rings. The molecule has 0 saturated carbocycles. The van der Waals surface area contributed by atoms with E-state index in [0.717, 1.165) is 5.56 Å². The van der Waals surface area contributed by atoms with E-state index in [4.69, 9.17) is 19.9 Å². The van der Waals surface area contributed by atoms with E-state index < -0.39 is 46.2 Å². The zero-order valence-corrected chi connectivity index (χ0v) is 24.6. The molecule has 2 saturated heterocycles. The standard InChI is InChI=1S/C27H37N7O6S/c1-26(2,3)16-7-9-17(10-8-16)33-25(35)29-11-6-12-41(36,37)13-18-20-21(40-27(4,5)39-20)24(38-18)34-15-32-19-22(28)30-14-31-23(19)34/h7-10,14-15,18,20-21,24H,6,11-13H2,1-5H3,(H2,28,30,31)(H2,29,33,35). The van der Waals surface area contributed by atoms with Crippen LogP contribution in [0.4, 0.5) is 16.3 Å². The number of carbonyl (C=O) groups is 1. The summed E-state index contributed by atoms with van der Waals surface area (Å²) in [7, 11) is -3.56. The Bertz CT molecular complexity index is 1520. The molecular formula is C27H37N7O6S. The smallest absolute Gasteiger partial charge is 0.319 e. The molecule has 13 nitrogen and oxygen atoms in total. The zero-order chi connectivity index (χ0) is 29.6. The van der Waals surface area contributed by atoms with Gasteiger partial charge in [-0.1, -0.05) is 32.9 Å². The Hall–Kier alpha value is -3.33. The summed E-state index contributed by atoms with van der Waals surface area (Å²) in [6.45, 7) is 10.1. The van der Waals surface area contributed by atoms with Crippen LogP contribution in [0.1, 0.15) is 52.8 Å². The molecule has 2 fully saturated rings. The first-order valence-corrected chi connectivity index (χ1v) is 15.3. The molecule has 0 bridgehead atoms. The fraction of sp³-hybridized carbons (Fsp3) is 0.556. The summed E-state index contributed by atoms with van der Waals surface area (Å²) >= 11 is 0. The SMILES string of the molecule is CC1(C)OC2C(CS(=O)(=O)CCCNC(=O)Nc3ccc(C(C)(C)C)cc3)OC(n3cnc4c(N)ncnc43)C2O1. The second kappa shape index (κ2) is 10.8. The third kappa shape index (κ3) is 6.45. The van der Waals surface area contributed by atoms with Crippen LogP contribution in [0.15, 0.2) is 36.9 Å². The van der Waals surface area contributed by atoms with Crippen molar-refractivity contribution in [2.45, 2.75) is 76.8 Å². The Morgan fingerprint density at radius 1 is 1.10 bits per heavy atom. The van der Waals surface area contributed by atoms with Gasteiger partial charge in [0.05, 0.1) is 17.8 Å². The number of amides is 2. The highest BCUT2D eigenvalue weighted by molar-refractivity contribution is 7.91. The average molecular weight is 588 g/mol. The number of rotatable bonds is 8. The maximum atomic E-state index is 13.1. The number of benzene rings is 1. The van der Waals surface area contributed by atoms with Gasteiger partial charge in [-0.15, -0.1) is 0 Å². The number of nitrogens with two attached hydrogens (primary N) is 1. The number of anilines is 2. The first-order chi connectivity index (χ1) is 19.2. The summed E-state index contributed by atoms with van der Waals surface area (Å²) < 4.78 is 46.2. The van der Waals surface area contributed by atoms with Gasteiger partial charge in [0.1, 0.15) is 30.2 Å². The Morgan fingerprint density at radius 3 is 2.51 bits per heavy atom. The number of nitrogens with one attached hydrogen (secondary N) is 2. The Morgan fingerprint density at radius 2 is 1.80 bits per heavy atom. The predicted octanol–water partition coefficient (Wildman–Crippen LogP) is 2.75. The highest BCUT2D eigenvalue weighted by Crippen LogP contribution is 2.44. The summed E-state index contributed by atoms with van der Waals surface area (Å²) in [5, 5.41) is 5.48. The van der Waals surface area contributed by atoms with Gasteiger partial charge in [-0.2, -0.15) is 0 Å². The predicted molar refractivity (Wildman–Crippen MR) is 153 cm³/mol. The van der Waals surface area contributed by atoms with Crippen molar-refractivity contribution in [1.82, 2.24) is 24.8 Å². The molecule has 2 aromatic heterocycles. The monoisotopic (exact) mass is 587 g/mol. The van der Waals surface area contributed by atoms with E-state index >= 15 is 0 Å². The number of nitrogen functional groups attached to an aromatic ring is 1. The number of urea groups is 1. The largest absolute Gasteiger partial charge is 0.382 e. The average Bonchev–Trinajstić information content (AvgIpc) is 3.53. The molecule has 3 aromatic rings. The van der Waals surface area contributed by atoms with Gasteiger partial charge in [0, 0.05) is 12.2 Å². The third-order valence-electron chi connectivity index (χ3n) is 7.13. The number of nitrogens with zero attached hydrogens (tertiary/aromatic N) is 4. The highest BCUT2D eigenvalue weighted by atomic mass is 32.2. The van der Waals surface area contributed by atoms with Crippen LogP contribution in [-0.2, 0) is 29.5 Å². The minimum atomic E-state index is -3.56. The third-order valence-corrected chi connectivity index (χ3v) is 8.88. The van der Waals surface area contributed by atoms with Crippen LogP contribution < -0.4 is 16.4 Å². The molecule has 2 amide bonds. The molecule has 0 aliphatic carbocycles. The Labute approximate surface area is 239 Å². The van der Waals surface area contributed by atoms with Crippen molar-refractivity contribution in [2.24, 2.45) is 0 Å². The maximum absolute atomic E-state index is 13.1. The van der Waals surface area contributed by atoms with E-state index in [0.29, 0.717) is 16.9 Å². The molecule has 222 valence electrons. The molecule has 4 atom stereocenters. The molecule has 0 spiro atoms. The molecule has 5 rings (SSSR count). The van der Waals surface area contributed by atoms with Gasteiger partial charge >= 0.3 is 6.03 Å².